The number of nitrogens with one attached hydrogen (secondary N) is 2. The van der Waals surface area contributed by atoms with Gasteiger partial charge in [-0.1, -0.05) is 53.3 Å². The molecule has 0 unspecified atom stereocenters. The first kappa shape index (κ1) is 19.2. The summed E-state index contributed by atoms with van der Waals surface area (Å²) in [4.78, 5) is 20.4. The van der Waals surface area contributed by atoms with E-state index in [4.69, 9.17) is 22.1 Å². The van der Waals surface area contributed by atoms with Gasteiger partial charge in [-0.25, -0.2) is 4.98 Å². The van der Waals surface area contributed by atoms with E-state index in [2.05, 4.69) is 21.4 Å². The molecule has 1 atom stereocenters. The van der Waals surface area contributed by atoms with E-state index in [1.54, 1.807) is 24.3 Å². The average Bonchev–Trinajstić information content (AvgIpc) is 3.16. The second-order valence-corrected chi connectivity index (χ2v) is 8.30. The van der Waals surface area contributed by atoms with E-state index in [0.29, 0.717) is 37.4 Å². The van der Waals surface area contributed by atoms with Gasteiger partial charge in [0.25, 0.3) is 5.56 Å². The third-order valence-corrected chi connectivity index (χ3v) is 6.18. The van der Waals surface area contributed by atoms with Crippen LogP contribution in [0.25, 0.3) is 10.3 Å². The Balaban J connectivity index is 1.69. The molecule has 9 heteroatoms. The van der Waals surface area contributed by atoms with Crippen LogP contribution in [0.4, 0.5) is 10.8 Å². The summed E-state index contributed by atoms with van der Waals surface area (Å²) in [7, 11) is 0. The molecule has 0 radical (unpaired) electrons. The highest BCUT2D eigenvalue weighted by atomic mass is 35.5. The summed E-state index contributed by atoms with van der Waals surface area (Å²) in [5, 5.41) is 14.1. The molecule has 2 aromatic heterocycles. The predicted molar refractivity (Wildman–Crippen MR) is 121 cm³/mol. The summed E-state index contributed by atoms with van der Waals surface area (Å²) in [6.07, 6.45) is 0. The smallest absolute Gasteiger partial charge is 0.257 e. The Morgan fingerprint density at radius 1 is 1.19 bits per heavy atom. The number of hydrogen-bond acceptors (Lipinski definition) is 7. The number of hydrogen-bond donors (Lipinski definition) is 3. The van der Waals surface area contributed by atoms with Gasteiger partial charge in [0, 0.05) is 10.7 Å². The van der Waals surface area contributed by atoms with Crippen LogP contribution >= 0.6 is 22.9 Å². The Hall–Kier alpha value is -3.80. The highest BCUT2D eigenvalue weighted by molar-refractivity contribution is 7.22. The van der Waals surface area contributed by atoms with Crippen molar-refractivity contribution in [3.8, 4) is 11.8 Å². The van der Waals surface area contributed by atoms with Gasteiger partial charge < -0.3 is 20.8 Å². The van der Waals surface area contributed by atoms with Crippen molar-refractivity contribution >= 4 is 44.1 Å². The summed E-state index contributed by atoms with van der Waals surface area (Å²) in [5.41, 5.74) is 8.16. The quantitative estimate of drug-likeness (QED) is 0.422. The van der Waals surface area contributed by atoms with Crippen LogP contribution in [0.5, 0.6) is 5.75 Å². The van der Waals surface area contributed by atoms with Crippen molar-refractivity contribution < 1.29 is 4.74 Å². The largest absolute Gasteiger partial charge is 0.438 e. The van der Waals surface area contributed by atoms with E-state index < -0.39 is 5.92 Å². The van der Waals surface area contributed by atoms with E-state index in [1.807, 2.05) is 30.3 Å². The first-order valence-electron chi connectivity index (χ1n) is 9.27. The second kappa shape index (κ2) is 7.47. The zero-order valence-electron chi connectivity index (χ0n) is 15.8. The molecule has 152 valence electrons. The molecule has 0 saturated heterocycles. The van der Waals surface area contributed by atoms with E-state index in [1.165, 1.54) is 11.3 Å². The minimum Gasteiger partial charge on any atom is -0.438 e. The lowest BCUT2D eigenvalue weighted by atomic mass is 9.84. The van der Waals surface area contributed by atoms with Gasteiger partial charge in [0.1, 0.15) is 16.3 Å². The van der Waals surface area contributed by atoms with E-state index in [-0.39, 0.29) is 17.0 Å². The van der Waals surface area contributed by atoms with Crippen molar-refractivity contribution in [2.75, 3.05) is 5.32 Å². The van der Waals surface area contributed by atoms with Gasteiger partial charge in [-0.3, -0.25) is 4.79 Å². The zero-order chi connectivity index (χ0) is 21.5. The third kappa shape index (κ3) is 3.30. The zero-order valence-corrected chi connectivity index (χ0v) is 17.4. The first-order chi connectivity index (χ1) is 15.0. The fourth-order valence-electron chi connectivity index (χ4n) is 3.58. The number of ether oxygens (including phenoxy) is 1. The normalized spacial score (nSPS) is 15.3. The van der Waals surface area contributed by atoms with Gasteiger partial charge in [0.15, 0.2) is 16.5 Å². The number of halogens is 1. The maximum Gasteiger partial charge on any atom is 0.257 e. The number of thiazole rings is 1. The lowest BCUT2D eigenvalue weighted by molar-refractivity contribution is 0.397. The van der Waals surface area contributed by atoms with E-state index in [0.717, 1.165) is 5.69 Å². The van der Waals surface area contributed by atoms with Crippen molar-refractivity contribution in [1.82, 2.24) is 9.97 Å². The molecule has 4 aromatic rings. The molecule has 2 aromatic carbocycles. The molecular weight excluding hydrogens is 434 g/mol. The molecule has 3 heterocycles. The highest BCUT2D eigenvalue weighted by Crippen LogP contribution is 2.45. The number of nitrogens with two attached hydrogens (primary N) is 1. The molecule has 0 spiro atoms. The third-order valence-electron chi connectivity index (χ3n) is 4.96. The highest BCUT2D eigenvalue weighted by Gasteiger charge is 2.35. The van der Waals surface area contributed by atoms with Crippen LogP contribution in [-0.2, 0) is 0 Å². The molecule has 0 fully saturated rings. The Labute approximate surface area is 185 Å². The van der Waals surface area contributed by atoms with Crippen LogP contribution in [0.15, 0.2) is 70.8 Å². The van der Waals surface area contributed by atoms with Gasteiger partial charge in [-0.2, -0.15) is 5.26 Å². The Bertz CT molecular complexity index is 1440. The molecule has 0 bridgehead atoms. The van der Waals surface area contributed by atoms with Gasteiger partial charge in [-0.15, -0.1) is 0 Å². The number of anilines is 2. The maximum absolute atomic E-state index is 13.1. The number of aromatic amines is 1. The summed E-state index contributed by atoms with van der Waals surface area (Å²) in [5.74, 6) is -0.395. The number of para-hydroxylation sites is 1. The number of allylic oxidation sites excluding steroid dienone is 1. The van der Waals surface area contributed by atoms with Crippen LogP contribution < -0.4 is 21.3 Å². The molecule has 0 amide bonds. The first-order valence-corrected chi connectivity index (χ1v) is 10.5. The predicted octanol–water partition coefficient (Wildman–Crippen LogP) is 4.60. The minimum atomic E-state index is -0.674. The van der Waals surface area contributed by atoms with Crippen molar-refractivity contribution in [2.45, 2.75) is 5.92 Å². The number of benzene rings is 2. The number of rotatable bonds is 3. The fourth-order valence-corrected chi connectivity index (χ4v) is 4.64. The molecule has 7 nitrogen and oxygen atoms in total. The lowest BCUT2D eigenvalue weighted by Gasteiger charge is -2.25. The van der Waals surface area contributed by atoms with Gasteiger partial charge in [-0.05, 0) is 29.8 Å². The standard InChI is InChI=1S/C22H14ClN5O2S/c23-12-8-6-11(7-9-12)15-14(10-24)19(25)30-17-16(15)21(29)27-20-18(17)31-22(28-20)26-13-4-2-1-3-5-13/h1-9,15H,25H2,(H2,26,27,28,29)/t15-/m0/s1. The van der Waals surface area contributed by atoms with Crippen molar-refractivity contribution in [1.29, 1.82) is 5.26 Å². The summed E-state index contributed by atoms with van der Waals surface area (Å²) in [6, 6.07) is 18.6. The summed E-state index contributed by atoms with van der Waals surface area (Å²) in [6.45, 7) is 0. The van der Waals surface area contributed by atoms with E-state index >= 15 is 0 Å². The monoisotopic (exact) mass is 447 g/mol. The summed E-state index contributed by atoms with van der Waals surface area (Å²) >= 11 is 7.35. The number of H-pyrrole nitrogens is 1. The molecule has 5 rings (SSSR count). The van der Waals surface area contributed by atoms with Crippen LogP contribution in [0.3, 0.4) is 0 Å². The minimum absolute atomic E-state index is 0.0344. The average molecular weight is 448 g/mol. The molecule has 31 heavy (non-hydrogen) atoms. The number of pyridine rings is 1. The number of nitriles is 1. The van der Waals surface area contributed by atoms with E-state index in [9.17, 15) is 10.1 Å². The number of nitrogens with zero attached hydrogens (tertiary/aromatic N) is 2. The van der Waals surface area contributed by atoms with Gasteiger partial charge in [0.2, 0.25) is 5.88 Å². The van der Waals surface area contributed by atoms with Crippen molar-refractivity contribution in [2.24, 2.45) is 5.73 Å². The SMILES string of the molecule is N#CC1=C(N)Oc2c(c(=O)[nH]c3nc(Nc4ccccc4)sc23)[C@H]1c1ccc(Cl)cc1. The molecule has 0 saturated carbocycles. The van der Waals surface area contributed by atoms with Crippen LogP contribution in [0, 0.1) is 11.3 Å². The van der Waals surface area contributed by atoms with Gasteiger partial charge in [0.05, 0.1) is 11.5 Å². The topological polar surface area (TPSA) is 117 Å². The van der Waals surface area contributed by atoms with Crippen LogP contribution in [0.1, 0.15) is 17.0 Å². The van der Waals surface area contributed by atoms with Crippen LogP contribution in [-0.4, -0.2) is 9.97 Å². The Morgan fingerprint density at radius 3 is 2.65 bits per heavy atom. The second-order valence-electron chi connectivity index (χ2n) is 6.86. The molecular formula is C22H14ClN5O2S. The fraction of sp³-hybridized carbons (Fsp3) is 0.0455. The lowest BCUT2D eigenvalue weighted by Crippen LogP contribution is -2.27. The van der Waals surface area contributed by atoms with Crippen molar-refractivity contribution in [3.63, 3.8) is 0 Å². The molecule has 1 aliphatic rings. The Morgan fingerprint density at radius 2 is 1.94 bits per heavy atom. The molecule has 4 N–H and O–H groups in total. The maximum atomic E-state index is 13.1. The Kier molecular flexibility index (Phi) is 4.62. The number of fused-ring (bicyclic) bond motifs is 3. The van der Waals surface area contributed by atoms with Crippen LogP contribution in [0.2, 0.25) is 5.02 Å². The number of aromatic nitrogens is 2. The van der Waals surface area contributed by atoms with Crippen molar-refractivity contribution in [3.05, 3.63) is 92.6 Å². The summed E-state index contributed by atoms with van der Waals surface area (Å²) < 4.78 is 6.43. The van der Waals surface area contributed by atoms with Gasteiger partial charge >= 0.3 is 0 Å². The molecule has 0 aliphatic carbocycles. The molecule has 1 aliphatic heterocycles.